The van der Waals surface area contributed by atoms with E-state index in [-0.39, 0.29) is 6.04 Å². The Balaban J connectivity index is 2.23. The summed E-state index contributed by atoms with van der Waals surface area (Å²) in [5.74, 6) is 0. The molecule has 2 rings (SSSR count). The Bertz CT molecular complexity index is 578. The zero-order chi connectivity index (χ0) is 13.7. The summed E-state index contributed by atoms with van der Waals surface area (Å²) in [4.78, 5) is 14.5. The second kappa shape index (κ2) is 6.12. The molecule has 2 nitrogen and oxygen atoms in total. The van der Waals surface area contributed by atoms with E-state index in [4.69, 9.17) is 0 Å². The molecular weight excluding hydrogens is 234 g/mol. The molecule has 96 valence electrons. The van der Waals surface area contributed by atoms with Crippen LogP contribution in [-0.4, -0.2) is 6.08 Å². The largest absolute Gasteiger partial charge is 0.235 e. The van der Waals surface area contributed by atoms with Crippen molar-refractivity contribution >= 4 is 6.08 Å². The van der Waals surface area contributed by atoms with E-state index in [0.717, 1.165) is 12.0 Å². The van der Waals surface area contributed by atoms with E-state index in [9.17, 15) is 4.79 Å². The summed E-state index contributed by atoms with van der Waals surface area (Å²) in [6.07, 6.45) is 2.41. The van der Waals surface area contributed by atoms with Crippen LogP contribution in [0.3, 0.4) is 0 Å². The van der Waals surface area contributed by atoms with Crippen LogP contribution >= 0.6 is 0 Å². The number of hydrogen-bond donors (Lipinski definition) is 0. The average molecular weight is 251 g/mol. The number of aliphatic imine (C=N–C) groups is 1. The van der Waals surface area contributed by atoms with Crippen LogP contribution in [0.1, 0.15) is 28.3 Å². The van der Waals surface area contributed by atoms with Crippen LogP contribution in [0.25, 0.3) is 0 Å². The Kier molecular flexibility index (Phi) is 4.27. The monoisotopic (exact) mass is 251 g/mol. The summed E-state index contributed by atoms with van der Waals surface area (Å²) in [6, 6.07) is 16.3. The number of carbonyl (C=O) groups excluding carboxylic acids is 1. The van der Waals surface area contributed by atoms with E-state index in [2.05, 4.69) is 36.2 Å². The third-order valence-corrected chi connectivity index (χ3v) is 3.22. The Morgan fingerprint density at radius 2 is 1.47 bits per heavy atom. The van der Waals surface area contributed by atoms with Gasteiger partial charge in [-0.3, -0.25) is 0 Å². The van der Waals surface area contributed by atoms with Crippen molar-refractivity contribution in [1.82, 2.24) is 0 Å². The molecule has 0 bridgehead atoms. The highest BCUT2D eigenvalue weighted by Crippen LogP contribution is 2.22. The van der Waals surface area contributed by atoms with Crippen molar-refractivity contribution in [2.24, 2.45) is 4.99 Å². The molecule has 0 aliphatic heterocycles. The maximum Gasteiger partial charge on any atom is 0.235 e. The summed E-state index contributed by atoms with van der Waals surface area (Å²) in [7, 11) is 0. The first kappa shape index (κ1) is 13.3. The highest BCUT2D eigenvalue weighted by Gasteiger charge is 2.10. The molecule has 0 aromatic heterocycles. The summed E-state index contributed by atoms with van der Waals surface area (Å²) in [5, 5.41) is 0. The maximum absolute atomic E-state index is 10.6. The quantitative estimate of drug-likeness (QED) is 0.598. The van der Waals surface area contributed by atoms with Gasteiger partial charge in [0.15, 0.2) is 0 Å². The number of nitrogens with zero attached hydrogens (tertiary/aromatic N) is 1. The summed E-state index contributed by atoms with van der Waals surface area (Å²) < 4.78 is 0. The summed E-state index contributed by atoms with van der Waals surface area (Å²) in [6.45, 7) is 4.10. The minimum absolute atomic E-state index is 0.152. The predicted molar refractivity (Wildman–Crippen MR) is 76.9 cm³/mol. The second-order valence-corrected chi connectivity index (χ2v) is 4.84. The molecule has 0 fully saturated rings. The van der Waals surface area contributed by atoms with Crippen LogP contribution in [0, 0.1) is 13.8 Å². The van der Waals surface area contributed by atoms with Crippen LogP contribution < -0.4 is 0 Å². The van der Waals surface area contributed by atoms with Crippen molar-refractivity contribution in [2.75, 3.05) is 0 Å². The summed E-state index contributed by atoms with van der Waals surface area (Å²) >= 11 is 0. The van der Waals surface area contributed by atoms with Gasteiger partial charge in [-0.15, -0.1) is 0 Å². The molecule has 0 aliphatic rings. The molecule has 2 aromatic carbocycles. The smallest absolute Gasteiger partial charge is 0.211 e. The van der Waals surface area contributed by atoms with Gasteiger partial charge in [-0.25, -0.2) is 4.79 Å². The topological polar surface area (TPSA) is 29.4 Å². The van der Waals surface area contributed by atoms with Gasteiger partial charge in [0.2, 0.25) is 6.08 Å². The van der Waals surface area contributed by atoms with Gasteiger partial charge in [0.25, 0.3) is 0 Å². The van der Waals surface area contributed by atoms with Gasteiger partial charge in [-0.2, -0.15) is 4.99 Å². The summed E-state index contributed by atoms with van der Waals surface area (Å²) in [5.41, 5.74) is 4.66. The average Bonchev–Trinajstić information content (AvgIpc) is 2.42. The fourth-order valence-corrected chi connectivity index (χ4v) is 2.04. The van der Waals surface area contributed by atoms with Gasteiger partial charge in [-0.05, 0) is 31.4 Å². The van der Waals surface area contributed by atoms with Gasteiger partial charge < -0.3 is 0 Å². The van der Waals surface area contributed by atoms with Crippen LogP contribution in [0.5, 0.6) is 0 Å². The number of hydrogen-bond acceptors (Lipinski definition) is 2. The number of benzene rings is 2. The number of rotatable bonds is 4. The van der Waals surface area contributed by atoms with E-state index >= 15 is 0 Å². The SMILES string of the molecule is Cc1ccc(CC(N=C=O)c2ccc(C)cc2)cc1. The minimum atomic E-state index is -0.152. The maximum atomic E-state index is 10.6. The van der Waals surface area contributed by atoms with Crippen molar-refractivity contribution < 1.29 is 4.79 Å². The third kappa shape index (κ3) is 3.64. The lowest BCUT2D eigenvalue weighted by Crippen LogP contribution is -2.00. The Labute approximate surface area is 113 Å². The zero-order valence-corrected chi connectivity index (χ0v) is 11.3. The molecule has 1 unspecified atom stereocenters. The molecule has 0 aliphatic carbocycles. The Hall–Kier alpha value is -2.18. The minimum Gasteiger partial charge on any atom is -0.211 e. The lowest BCUT2D eigenvalue weighted by atomic mass is 9.98. The molecule has 2 heteroatoms. The fourth-order valence-electron chi connectivity index (χ4n) is 2.04. The normalized spacial score (nSPS) is 11.7. The van der Waals surface area contributed by atoms with Gasteiger partial charge >= 0.3 is 0 Å². The molecule has 0 N–H and O–H groups in total. The van der Waals surface area contributed by atoms with Crippen LogP contribution in [-0.2, 0) is 11.2 Å². The van der Waals surface area contributed by atoms with Crippen molar-refractivity contribution in [3.63, 3.8) is 0 Å². The van der Waals surface area contributed by atoms with E-state index in [1.165, 1.54) is 16.7 Å². The zero-order valence-electron chi connectivity index (χ0n) is 11.3. The van der Waals surface area contributed by atoms with Gasteiger partial charge in [-0.1, -0.05) is 59.7 Å². The molecule has 0 saturated carbocycles. The first-order valence-electron chi connectivity index (χ1n) is 6.38. The third-order valence-electron chi connectivity index (χ3n) is 3.22. The van der Waals surface area contributed by atoms with Crippen molar-refractivity contribution in [3.8, 4) is 0 Å². The first-order chi connectivity index (χ1) is 9.19. The van der Waals surface area contributed by atoms with Crippen LogP contribution in [0.4, 0.5) is 0 Å². The molecule has 2 aromatic rings. The van der Waals surface area contributed by atoms with Crippen LogP contribution in [0.15, 0.2) is 53.5 Å². The van der Waals surface area contributed by atoms with Gasteiger partial charge in [0, 0.05) is 0 Å². The highest BCUT2D eigenvalue weighted by molar-refractivity contribution is 5.37. The fraction of sp³-hybridized carbons (Fsp3) is 0.235. The lowest BCUT2D eigenvalue weighted by molar-refractivity contribution is 0.557. The van der Waals surface area contributed by atoms with Crippen molar-refractivity contribution in [3.05, 3.63) is 70.8 Å². The highest BCUT2D eigenvalue weighted by atomic mass is 16.1. The molecule has 0 saturated heterocycles. The van der Waals surface area contributed by atoms with E-state index in [1.54, 1.807) is 6.08 Å². The van der Waals surface area contributed by atoms with Gasteiger partial charge in [0.05, 0.1) is 6.04 Å². The van der Waals surface area contributed by atoms with Crippen molar-refractivity contribution in [1.29, 1.82) is 0 Å². The second-order valence-electron chi connectivity index (χ2n) is 4.84. The molecule has 0 amide bonds. The first-order valence-corrected chi connectivity index (χ1v) is 6.38. The molecule has 19 heavy (non-hydrogen) atoms. The standard InChI is InChI=1S/C17H17NO/c1-13-3-7-15(8-4-13)11-17(18-12-19)16-9-5-14(2)6-10-16/h3-10,17H,11H2,1-2H3. The molecule has 1 atom stereocenters. The van der Waals surface area contributed by atoms with Crippen molar-refractivity contribution in [2.45, 2.75) is 26.3 Å². The van der Waals surface area contributed by atoms with Gasteiger partial charge in [0.1, 0.15) is 0 Å². The predicted octanol–water partition coefficient (Wildman–Crippen LogP) is 3.92. The molecule has 0 radical (unpaired) electrons. The molecule has 0 spiro atoms. The molecule has 0 heterocycles. The Morgan fingerprint density at radius 1 is 0.947 bits per heavy atom. The Morgan fingerprint density at radius 3 is 2.00 bits per heavy atom. The van der Waals surface area contributed by atoms with Crippen LogP contribution in [0.2, 0.25) is 0 Å². The lowest BCUT2D eigenvalue weighted by Gasteiger charge is -2.11. The number of aryl methyl sites for hydroxylation is 2. The molecular formula is C17H17NO. The van der Waals surface area contributed by atoms with E-state index < -0.39 is 0 Å². The van der Waals surface area contributed by atoms with E-state index in [1.807, 2.05) is 31.2 Å². The number of isocyanates is 1. The van der Waals surface area contributed by atoms with E-state index in [0.29, 0.717) is 0 Å².